The molecular formula is C9H11ClN2O2. The van der Waals surface area contributed by atoms with E-state index >= 15 is 0 Å². The molecular weight excluding hydrogens is 204 g/mol. The predicted octanol–water partition coefficient (Wildman–Crippen LogP) is 0.983. The molecule has 1 aromatic heterocycles. The van der Waals surface area contributed by atoms with E-state index in [4.69, 9.17) is 11.6 Å². The molecule has 1 saturated carbocycles. The van der Waals surface area contributed by atoms with Crippen LogP contribution < -0.4 is 5.69 Å². The summed E-state index contributed by atoms with van der Waals surface area (Å²) in [7, 11) is 0. The van der Waals surface area contributed by atoms with Crippen LogP contribution in [-0.4, -0.2) is 20.8 Å². The van der Waals surface area contributed by atoms with Gasteiger partial charge < -0.3 is 5.11 Å². The van der Waals surface area contributed by atoms with Gasteiger partial charge in [0, 0.05) is 6.20 Å². The predicted molar refractivity (Wildman–Crippen MR) is 52.4 cm³/mol. The van der Waals surface area contributed by atoms with Gasteiger partial charge in [0.1, 0.15) is 0 Å². The van der Waals surface area contributed by atoms with Crippen molar-refractivity contribution in [3.8, 4) is 0 Å². The molecule has 1 N–H and O–H groups in total. The summed E-state index contributed by atoms with van der Waals surface area (Å²) in [6.07, 6.45) is 4.89. The van der Waals surface area contributed by atoms with Crippen LogP contribution in [0.1, 0.15) is 25.3 Å². The second-order valence-electron chi connectivity index (χ2n) is 3.53. The molecule has 14 heavy (non-hydrogen) atoms. The van der Waals surface area contributed by atoms with Gasteiger partial charge in [-0.25, -0.2) is 9.78 Å². The zero-order chi connectivity index (χ0) is 10.1. The van der Waals surface area contributed by atoms with Crippen molar-refractivity contribution in [3.63, 3.8) is 0 Å². The van der Waals surface area contributed by atoms with Crippen molar-refractivity contribution < 1.29 is 5.11 Å². The fourth-order valence-corrected chi connectivity index (χ4v) is 2.04. The Morgan fingerprint density at radius 2 is 2.36 bits per heavy atom. The molecule has 1 aliphatic carbocycles. The lowest BCUT2D eigenvalue weighted by Crippen LogP contribution is -2.30. The van der Waals surface area contributed by atoms with Gasteiger partial charge in [-0.15, -0.1) is 0 Å². The molecule has 0 unspecified atom stereocenters. The number of halogens is 1. The van der Waals surface area contributed by atoms with Crippen LogP contribution in [0, 0.1) is 0 Å². The maximum absolute atomic E-state index is 11.4. The molecule has 2 atom stereocenters. The molecule has 0 saturated heterocycles. The second kappa shape index (κ2) is 3.71. The fraction of sp³-hybridized carbons (Fsp3) is 0.556. The number of aliphatic hydroxyl groups excluding tert-OH is 1. The van der Waals surface area contributed by atoms with Crippen molar-refractivity contribution in [3.05, 3.63) is 27.9 Å². The zero-order valence-corrected chi connectivity index (χ0v) is 8.31. The lowest BCUT2D eigenvalue weighted by atomic mass is 10.2. The molecule has 1 heterocycles. The van der Waals surface area contributed by atoms with E-state index in [1.165, 1.54) is 17.0 Å². The van der Waals surface area contributed by atoms with Crippen LogP contribution in [0.5, 0.6) is 0 Å². The molecule has 2 rings (SSSR count). The highest BCUT2D eigenvalue weighted by atomic mass is 35.5. The third-order valence-corrected chi connectivity index (χ3v) is 2.78. The lowest BCUT2D eigenvalue weighted by Gasteiger charge is -2.16. The largest absolute Gasteiger partial charge is 0.391 e. The Balaban J connectivity index is 2.40. The number of hydrogen-bond donors (Lipinski definition) is 1. The van der Waals surface area contributed by atoms with Crippen LogP contribution in [0.25, 0.3) is 0 Å². The zero-order valence-electron chi connectivity index (χ0n) is 7.56. The van der Waals surface area contributed by atoms with E-state index in [1.54, 1.807) is 0 Å². The maximum atomic E-state index is 11.4. The smallest absolute Gasteiger partial charge is 0.347 e. The minimum atomic E-state index is -0.451. The first-order valence-corrected chi connectivity index (χ1v) is 4.98. The normalized spacial score (nSPS) is 26.7. The summed E-state index contributed by atoms with van der Waals surface area (Å²) in [6.45, 7) is 0. The first-order chi connectivity index (χ1) is 6.68. The molecule has 4 nitrogen and oxygen atoms in total. The van der Waals surface area contributed by atoms with E-state index in [2.05, 4.69) is 4.98 Å². The first kappa shape index (κ1) is 9.68. The molecule has 0 amide bonds. The van der Waals surface area contributed by atoms with Crippen LogP contribution >= 0.6 is 11.6 Å². The number of nitrogens with zero attached hydrogens (tertiary/aromatic N) is 2. The van der Waals surface area contributed by atoms with E-state index in [0.717, 1.165) is 19.3 Å². The maximum Gasteiger partial charge on any atom is 0.347 e. The monoisotopic (exact) mass is 214 g/mol. The Kier molecular flexibility index (Phi) is 2.56. The van der Waals surface area contributed by atoms with Crippen LogP contribution in [0.3, 0.4) is 0 Å². The Morgan fingerprint density at radius 3 is 3.00 bits per heavy atom. The fourth-order valence-electron chi connectivity index (χ4n) is 1.89. The quantitative estimate of drug-likeness (QED) is 0.759. The number of rotatable bonds is 1. The summed E-state index contributed by atoms with van der Waals surface area (Å²) in [6, 6.07) is -0.159. The highest BCUT2D eigenvalue weighted by Crippen LogP contribution is 2.28. The number of aromatic nitrogens is 2. The van der Waals surface area contributed by atoms with Gasteiger partial charge in [0.25, 0.3) is 0 Å². The summed E-state index contributed by atoms with van der Waals surface area (Å²) in [5.74, 6) is 0. The molecule has 1 aromatic rings. The Bertz CT molecular complexity index is 391. The standard InChI is InChI=1S/C9H11ClN2O2/c10-6-4-11-9(14)12(5-6)7-2-1-3-8(7)13/h4-5,7-8,13H,1-3H2/t7-,8-/m0/s1. The minimum absolute atomic E-state index is 0.159. The van der Waals surface area contributed by atoms with E-state index in [9.17, 15) is 9.90 Å². The van der Waals surface area contributed by atoms with Gasteiger partial charge in [-0.1, -0.05) is 11.6 Å². The molecule has 1 fully saturated rings. The second-order valence-corrected chi connectivity index (χ2v) is 3.96. The Hall–Kier alpha value is -0.870. The van der Waals surface area contributed by atoms with E-state index in [1.807, 2.05) is 0 Å². The van der Waals surface area contributed by atoms with Crippen molar-refractivity contribution in [1.29, 1.82) is 0 Å². The molecule has 0 bridgehead atoms. The summed E-state index contributed by atoms with van der Waals surface area (Å²) >= 11 is 5.74. The van der Waals surface area contributed by atoms with Gasteiger partial charge in [-0.2, -0.15) is 0 Å². The van der Waals surface area contributed by atoms with Crippen LogP contribution in [0.4, 0.5) is 0 Å². The van der Waals surface area contributed by atoms with Gasteiger partial charge in [-0.3, -0.25) is 4.57 Å². The molecule has 0 spiro atoms. The van der Waals surface area contributed by atoms with Gasteiger partial charge in [0.05, 0.1) is 23.4 Å². The van der Waals surface area contributed by atoms with Gasteiger partial charge in [-0.05, 0) is 19.3 Å². The molecule has 0 aromatic carbocycles. The van der Waals surface area contributed by atoms with Gasteiger partial charge in [0.15, 0.2) is 0 Å². The van der Waals surface area contributed by atoms with Crippen LogP contribution in [0.15, 0.2) is 17.2 Å². The average molecular weight is 215 g/mol. The summed E-state index contributed by atoms with van der Waals surface area (Å²) in [5, 5.41) is 10.0. The van der Waals surface area contributed by atoms with Gasteiger partial charge in [0.2, 0.25) is 0 Å². The average Bonchev–Trinajstić information content (AvgIpc) is 2.56. The van der Waals surface area contributed by atoms with Crippen molar-refractivity contribution >= 4 is 11.6 Å². The SMILES string of the molecule is O=c1ncc(Cl)cn1[C@H]1CCC[C@@H]1O. The molecule has 0 radical (unpaired) electrons. The van der Waals surface area contributed by atoms with Crippen molar-refractivity contribution in [1.82, 2.24) is 9.55 Å². The molecule has 1 aliphatic rings. The van der Waals surface area contributed by atoms with E-state index < -0.39 is 6.10 Å². The summed E-state index contributed by atoms with van der Waals surface area (Å²) in [5.41, 5.74) is -0.347. The van der Waals surface area contributed by atoms with E-state index in [0.29, 0.717) is 5.02 Å². The highest BCUT2D eigenvalue weighted by molar-refractivity contribution is 6.30. The number of hydrogen-bond acceptors (Lipinski definition) is 3. The molecule has 5 heteroatoms. The number of aliphatic hydroxyl groups is 1. The lowest BCUT2D eigenvalue weighted by molar-refractivity contribution is 0.134. The summed E-state index contributed by atoms with van der Waals surface area (Å²) in [4.78, 5) is 15.0. The van der Waals surface area contributed by atoms with Crippen LogP contribution in [0.2, 0.25) is 5.02 Å². The topological polar surface area (TPSA) is 55.1 Å². The third kappa shape index (κ3) is 1.67. The van der Waals surface area contributed by atoms with Gasteiger partial charge >= 0.3 is 5.69 Å². The Labute approximate surface area is 86.2 Å². The van der Waals surface area contributed by atoms with Crippen molar-refractivity contribution in [2.45, 2.75) is 31.4 Å². The molecule has 76 valence electrons. The van der Waals surface area contributed by atoms with Crippen LogP contribution in [-0.2, 0) is 0 Å². The van der Waals surface area contributed by atoms with Crippen molar-refractivity contribution in [2.24, 2.45) is 0 Å². The Morgan fingerprint density at radius 1 is 1.57 bits per heavy atom. The minimum Gasteiger partial charge on any atom is -0.391 e. The van der Waals surface area contributed by atoms with Crippen molar-refractivity contribution in [2.75, 3.05) is 0 Å². The molecule has 0 aliphatic heterocycles. The van der Waals surface area contributed by atoms with E-state index in [-0.39, 0.29) is 11.7 Å². The highest BCUT2D eigenvalue weighted by Gasteiger charge is 2.27. The summed E-state index contributed by atoms with van der Waals surface area (Å²) < 4.78 is 1.43. The first-order valence-electron chi connectivity index (χ1n) is 4.60. The third-order valence-electron chi connectivity index (χ3n) is 2.58.